The highest BCUT2D eigenvalue weighted by atomic mass is 32.1. The molecule has 3 aromatic rings. The van der Waals surface area contributed by atoms with Crippen LogP contribution in [0, 0.1) is 13.8 Å². The van der Waals surface area contributed by atoms with E-state index in [1.54, 1.807) is 42.1 Å². The Morgan fingerprint density at radius 1 is 1.24 bits per heavy atom. The van der Waals surface area contributed by atoms with Gasteiger partial charge in [0.05, 0.1) is 28.6 Å². The lowest BCUT2D eigenvalue weighted by Crippen LogP contribution is -2.29. The van der Waals surface area contributed by atoms with Crippen molar-refractivity contribution in [3.63, 3.8) is 0 Å². The largest absolute Gasteiger partial charge is 0.331 e. The molecule has 0 spiro atoms. The Labute approximate surface area is 172 Å². The second-order valence-corrected chi connectivity index (χ2v) is 7.82. The molecule has 29 heavy (non-hydrogen) atoms. The van der Waals surface area contributed by atoms with E-state index in [9.17, 15) is 4.79 Å². The molecular weight excluding hydrogens is 386 g/mol. The maximum Gasteiger partial charge on any atom is 0.247 e. The van der Waals surface area contributed by atoms with Crippen LogP contribution in [0.4, 0.5) is 11.6 Å². The van der Waals surface area contributed by atoms with Gasteiger partial charge in [0.2, 0.25) is 5.91 Å². The predicted octanol–water partition coefficient (Wildman–Crippen LogP) is 3.46. The number of aromatic nitrogens is 5. The summed E-state index contributed by atoms with van der Waals surface area (Å²) in [6.07, 6.45) is 10.0. The van der Waals surface area contributed by atoms with Crippen molar-refractivity contribution in [1.29, 1.82) is 0 Å². The third-order valence-electron chi connectivity index (χ3n) is 4.59. The van der Waals surface area contributed by atoms with E-state index in [0.29, 0.717) is 24.0 Å². The highest BCUT2D eigenvalue weighted by molar-refractivity contribution is 7.09. The van der Waals surface area contributed by atoms with Crippen molar-refractivity contribution in [1.82, 2.24) is 29.8 Å². The van der Waals surface area contributed by atoms with Gasteiger partial charge in [-0.1, -0.05) is 0 Å². The third-order valence-corrected chi connectivity index (χ3v) is 5.38. The first kappa shape index (κ1) is 19.1. The molecular formula is C20H21N7OS. The molecule has 1 fully saturated rings. The number of rotatable bonds is 5. The first-order valence-electron chi connectivity index (χ1n) is 9.38. The summed E-state index contributed by atoms with van der Waals surface area (Å²) in [5.74, 6) is 1.86. The number of likely N-dealkylation sites (tertiary alicyclic amines) is 1. The molecule has 1 aliphatic heterocycles. The maximum absolute atomic E-state index is 12.8. The van der Waals surface area contributed by atoms with Crippen molar-refractivity contribution in [2.24, 2.45) is 0 Å². The summed E-state index contributed by atoms with van der Waals surface area (Å²) in [6.45, 7) is 4.50. The number of hydrogen-bond donors (Lipinski definition) is 1. The topological polar surface area (TPSA) is 96.8 Å². The molecule has 4 heterocycles. The summed E-state index contributed by atoms with van der Waals surface area (Å²) in [5.41, 5.74) is 1.64. The monoisotopic (exact) mass is 407 g/mol. The summed E-state index contributed by atoms with van der Waals surface area (Å²) in [4.78, 5) is 36.3. The van der Waals surface area contributed by atoms with Gasteiger partial charge < -0.3 is 10.2 Å². The Balaban J connectivity index is 1.53. The van der Waals surface area contributed by atoms with Crippen LogP contribution in [-0.2, 0) is 4.79 Å². The van der Waals surface area contributed by atoms with E-state index in [0.717, 1.165) is 29.2 Å². The van der Waals surface area contributed by atoms with E-state index in [4.69, 9.17) is 0 Å². The van der Waals surface area contributed by atoms with Crippen LogP contribution in [0.15, 0.2) is 36.1 Å². The lowest BCUT2D eigenvalue weighted by Gasteiger charge is -2.23. The van der Waals surface area contributed by atoms with Gasteiger partial charge in [0.25, 0.3) is 0 Å². The standard InChI is InChI=1S/C20H21N7OS/c1-13-23-16(10-18(24-13)26-19-11-21-7-8-22-19)17-4-3-9-27(17)20(28)6-5-15-12-29-14(2)25-15/h5-8,10-12,17H,3-4,9H2,1-2H3,(H,22,23,24,26)/b6-5+/t17-/m0/s1. The van der Waals surface area contributed by atoms with Gasteiger partial charge in [-0.2, -0.15) is 0 Å². The van der Waals surface area contributed by atoms with Crippen LogP contribution < -0.4 is 5.32 Å². The number of nitrogens with zero attached hydrogens (tertiary/aromatic N) is 6. The second-order valence-electron chi connectivity index (χ2n) is 6.76. The van der Waals surface area contributed by atoms with Crippen LogP contribution in [0.1, 0.15) is 41.1 Å². The summed E-state index contributed by atoms with van der Waals surface area (Å²) in [6, 6.07) is 1.80. The summed E-state index contributed by atoms with van der Waals surface area (Å²) >= 11 is 1.57. The Morgan fingerprint density at radius 2 is 2.14 bits per heavy atom. The number of thiazole rings is 1. The minimum atomic E-state index is -0.0755. The fraction of sp³-hybridized carbons (Fsp3) is 0.300. The Bertz CT molecular complexity index is 1030. The Kier molecular flexibility index (Phi) is 5.57. The minimum Gasteiger partial charge on any atom is -0.331 e. The molecule has 1 N–H and O–H groups in total. The molecule has 3 aromatic heterocycles. The van der Waals surface area contributed by atoms with Gasteiger partial charge in [0, 0.05) is 36.5 Å². The van der Waals surface area contributed by atoms with Crippen molar-refractivity contribution in [2.75, 3.05) is 11.9 Å². The average Bonchev–Trinajstić information content (AvgIpc) is 3.35. The zero-order valence-electron chi connectivity index (χ0n) is 16.2. The molecule has 0 bridgehead atoms. The van der Waals surface area contributed by atoms with Gasteiger partial charge in [-0.25, -0.2) is 19.9 Å². The van der Waals surface area contributed by atoms with Gasteiger partial charge in [-0.3, -0.25) is 9.78 Å². The Hall–Kier alpha value is -3.20. The molecule has 1 saturated heterocycles. The molecule has 148 valence electrons. The van der Waals surface area contributed by atoms with E-state index < -0.39 is 0 Å². The number of carbonyl (C=O) groups is 1. The number of carbonyl (C=O) groups excluding carboxylic acids is 1. The number of hydrogen-bond acceptors (Lipinski definition) is 8. The fourth-order valence-electron chi connectivity index (χ4n) is 3.37. The van der Waals surface area contributed by atoms with Gasteiger partial charge >= 0.3 is 0 Å². The van der Waals surface area contributed by atoms with E-state index in [-0.39, 0.29) is 11.9 Å². The quantitative estimate of drug-likeness (QED) is 0.647. The summed E-state index contributed by atoms with van der Waals surface area (Å²) in [7, 11) is 0. The average molecular weight is 408 g/mol. The van der Waals surface area contributed by atoms with E-state index in [1.165, 1.54) is 0 Å². The smallest absolute Gasteiger partial charge is 0.247 e. The Morgan fingerprint density at radius 3 is 2.90 bits per heavy atom. The van der Waals surface area contributed by atoms with Crippen molar-refractivity contribution in [3.05, 3.63) is 58.3 Å². The predicted molar refractivity (Wildman–Crippen MR) is 112 cm³/mol. The van der Waals surface area contributed by atoms with Crippen molar-refractivity contribution >= 4 is 35.0 Å². The van der Waals surface area contributed by atoms with Gasteiger partial charge in [0.15, 0.2) is 0 Å². The molecule has 0 aliphatic carbocycles. The number of aryl methyl sites for hydroxylation is 2. The first-order chi connectivity index (χ1) is 14.1. The second kappa shape index (κ2) is 8.44. The maximum atomic E-state index is 12.8. The van der Waals surface area contributed by atoms with Gasteiger partial charge in [-0.05, 0) is 32.8 Å². The molecule has 0 saturated carbocycles. The molecule has 1 amide bonds. The van der Waals surface area contributed by atoms with Crippen LogP contribution in [0.25, 0.3) is 6.08 Å². The molecule has 4 rings (SSSR count). The SMILES string of the molecule is Cc1nc(Nc2cnccn2)cc([C@@H]2CCCN2C(=O)/C=C/c2csc(C)n2)n1. The van der Waals surface area contributed by atoms with Gasteiger partial charge in [0.1, 0.15) is 17.5 Å². The van der Waals surface area contributed by atoms with Crippen LogP contribution in [0.5, 0.6) is 0 Å². The minimum absolute atomic E-state index is 0.0298. The van der Waals surface area contributed by atoms with Crippen LogP contribution in [0.2, 0.25) is 0 Å². The zero-order chi connectivity index (χ0) is 20.2. The van der Waals surface area contributed by atoms with E-state index >= 15 is 0 Å². The number of amides is 1. The highest BCUT2D eigenvalue weighted by Gasteiger charge is 2.30. The fourth-order valence-corrected chi connectivity index (χ4v) is 3.95. The summed E-state index contributed by atoms with van der Waals surface area (Å²) in [5, 5.41) is 6.08. The van der Waals surface area contributed by atoms with Crippen LogP contribution in [-0.4, -0.2) is 42.3 Å². The van der Waals surface area contributed by atoms with Gasteiger partial charge in [-0.15, -0.1) is 11.3 Å². The highest BCUT2D eigenvalue weighted by Crippen LogP contribution is 2.32. The molecule has 1 atom stereocenters. The van der Waals surface area contributed by atoms with E-state index in [1.807, 2.05) is 30.2 Å². The normalized spacial score (nSPS) is 16.5. The van der Waals surface area contributed by atoms with E-state index in [2.05, 4.69) is 30.2 Å². The molecule has 9 heteroatoms. The molecule has 0 unspecified atom stereocenters. The van der Waals surface area contributed by atoms with Crippen molar-refractivity contribution in [3.8, 4) is 0 Å². The van der Waals surface area contributed by atoms with Crippen LogP contribution >= 0.6 is 11.3 Å². The van der Waals surface area contributed by atoms with Crippen molar-refractivity contribution in [2.45, 2.75) is 32.7 Å². The lowest BCUT2D eigenvalue weighted by atomic mass is 10.1. The molecule has 0 radical (unpaired) electrons. The number of nitrogens with one attached hydrogen (secondary N) is 1. The number of anilines is 2. The lowest BCUT2D eigenvalue weighted by molar-refractivity contribution is -0.126. The third kappa shape index (κ3) is 4.62. The first-order valence-corrected chi connectivity index (χ1v) is 10.3. The van der Waals surface area contributed by atoms with Crippen molar-refractivity contribution < 1.29 is 4.79 Å². The molecule has 8 nitrogen and oxygen atoms in total. The summed E-state index contributed by atoms with van der Waals surface area (Å²) < 4.78 is 0. The molecule has 1 aliphatic rings. The zero-order valence-corrected chi connectivity index (χ0v) is 17.1. The van der Waals surface area contributed by atoms with Crippen LogP contribution in [0.3, 0.4) is 0 Å². The molecule has 0 aromatic carbocycles.